The van der Waals surface area contributed by atoms with Crippen LogP contribution >= 0.6 is 0 Å². The summed E-state index contributed by atoms with van der Waals surface area (Å²) in [7, 11) is 4.10. The third kappa shape index (κ3) is 27.2. The first-order chi connectivity index (χ1) is 21.4. The van der Waals surface area contributed by atoms with Gasteiger partial charge in [-0.3, -0.25) is 9.59 Å². The molecule has 0 aliphatic heterocycles. The van der Waals surface area contributed by atoms with Crippen LogP contribution in [0.25, 0.3) is 0 Å². The molecule has 0 saturated carbocycles. The van der Waals surface area contributed by atoms with E-state index in [-0.39, 0.29) is 24.1 Å². The van der Waals surface area contributed by atoms with Crippen LogP contribution in [-0.2, 0) is 19.1 Å². The SMILES string of the molecule is CCCCCCCCC(CN(CC(CCCCCCCC)OC(=O)CCCCCCC)N(C)C)OC(=O)CCCCCCC. The van der Waals surface area contributed by atoms with Crippen molar-refractivity contribution in [2.75, 3.05) is 27.2 Å². The van der Waals surface area contributed by atoms with Gasteiger partial charge >= 0.3 is 11.9 Å². The Labute approximate surface area is 274 Å². The van der Waals surface area contributed by atoms with E-state index in [1.165, 1.54) is 103 Å². The molecule has 0 aromatic rings. The fourth-order valence-corrected chi connectivity index (χ4v) is 5.79. The van der Waals surface area contributed by atoms with E-state index < -0.39 is 0 Å². The molecule has 0 aromatic carbocycles. The molecule has 0 aliphatic rings. The van der Waals surface area contributed by atoms with Crippen molar-refractivity contribution in [1.29, 1.82) is 0 Å². The first-order valence-electron chi connectivity index (χ1n) is 19.2. The molecular formula is C38H76N2O4. The Bertz CT molecular complexity index is 592. The monoisotopic (exact) mass is 625 g/mol. The molecule has 44 heavy (non-hydrogen) atoms. The van der Waals surface area contributed by atoms with E-state index in [2.05, 4.69) is 51.8 Å². The number of hydrazine groups is 1. The average molecular weight is 625 g/mol. The van der Waals surface area contributed by atoms with Crippen LogP contribution in [0.5, 0.6) is 0 Å². The summed E-state index contributed by atoms with van der Waals surface area (Å²) in [5.41, 5.74) is 0. The summed E-state index contributed by atoms with van der Waals surface area (Å²) in [5.74, 6) is -0.122. The molecule has 0 amide bonds. The predicted molar refractivity (Wildman–Crippen MR) is 188 cm³/mol. The third-order valence-electron chi connectivity index (χ3n) is 8.72. The first kappa shape index (κ1) is 42.9. The zero-order valence-corrected chi connectivity index (χ0v) is 30.5. The molecule has 262 valence electrons. The van der Waals surface area contributed by atoms with Crippen molar-refractivity contribution >= 4 is 11.9 Å². The van der Waals surface area contributed by atoms with Crippen molar-refractivity contribution in [2.24, 2.45) is 0 Å². The van der Waals surface area contributed by atoms with E-state index in [9.17, 15) is 9.59 Å². The molecule has 0 fully saturated rings. The molecule has 0 rings (SSSR count). The molecule has 2 atom stereocenters. The van der Waals surface area contributed by atoms with Gasteiger partial charge in [-0.1, -0.05) is 143 Å². The highest BCUT2D eigenvalue weighted by Crippen LogP contribution is 2.18. The van der Waals surface area contributed by atoms with Crippen molar-refractivity contribution < 1.29 is 19.1 Å². The lowest BCUT2D eigenvalue weighted by Crippen LogP contribution is -2.47. The van der Waals surface area contributed by atoms with Crippen molar-refractivity contribution in [3.05, 3.63) is 0 Å². The Morgan fingerprint density at radius 3 is 1.07 bits per heavy atom. The van der Waals surface area contributed by atoms with Crippen molar-refractivity contribution in [3.63, 3.8) is 0 Å². The second-order valence-electron chi connectivity index (χ2n) is 13.4. The Morgan fingerprint density at radius 2 is 0.750 bits per heavy atom. The van der Waals surface area contributed by atoms with Gasteiger partial charge in [0.25, 0.3) is 0 Å². The Morgan fingerprint density at radius 1 is 0.455 bits per heavy atom. The molecule has 0 aromatic heterocycles. The fourth-order valence-electron chi connectivity index (χ4n) is 5.79. The van der Waals surface area contributed by atoms with Crippen LogP contribution < -0.4 is 0 Å². The largest absolute Gasteiger partial charge is 0.461 e. The molecule has 6 heteroatoms. The van der Waals surface area contributed by atoms with Crippen molar-refractivity contribution in [1.82, 2.24) is 10.0 Å². The number of hydrogen-bond acceptors (Lipinski definition) is 6. The summed E-state index contributed by atoms with van der Waals surface area (Å²) >= 11 is 0. The summed E-state index contributed by atoms with van der Waals surface area (Å²) in [6, 6.07) is 0. The van der Waals surface area contributed by atoms with E-state index in [4.69, 9.17) is 9.47 Å². The van der Waals surface area contributed by atoms with Gasteiger partial charge in [-0.15, -0.1) is 0 Å². The van der Waals surface area contributed by atoms with Crippen LogP contribution in [0.15, 0.2) is 0 Å². The number of unbranched alkanes of at least 4 members (excludes halogenated alkanes) is 18. The van der Waals surface area contributed by atoms with Gasteiger partial charge in [0, 0.05) is 26.9 Å². The van der Waals surface area contributed by atoms with E-state index in [0.717, 1.165) is 51.4 Å². The van der Waals surface area contributed by atoms with Gasteiger partial charge in [-0.2, -0.15) is 0 Å². The van der Waals surface area contributed by atoms with Crippen LogP contribution in [0, 0.1) is 0 Å². The first-order valence-corrected chi connectivity index (χ1v) is 19.2. The second-order valence-corrected chi connectivity index (χ2v) is 13.4. The predicted octanol–water partition coefficient (Wildman–Crippen LogP) is 10.8. The number of nitrogens with zero attached hydrogens (tertiary/aromatic N) is 2. The number of ether oxygens (including phenoxy) is 2. The highest BCUT2D eigenvalue weighted by Gasteiger charge is 2.24. The van der Waals surface area contributed by atoms with Crippen molar-refractivity contribution in [3.8, 4) is 0 Å². The lowest BCUT2D eigenvalue weighted by Gasteiger charge is -2.35. The molecule has 0 radical (unpaired) electrons. The van der Waals surface area contributed by atoms with E-state index in [1.807, 2.05) is 0 Å². The van der Waals surface area contributed by atoms with E-state index in [0.29, 0.717) is 25.9 Å². The Balaban J connectivity index is 5.29. The highest BCUT2D eigenvalue weighted by molar-refractivity contribution is 5.69. The minimum absolute atomic E-state index is 0.0608. The molecule has 0 N–H and O–H groups in total. The molecule has 0 aliphatic carbocycles. The van der Waals surface area contributed by atoms with Gasteiger partial charge in [0.15, 0.2) is 0 Å². The minimum atomic E-state index is -0.143. The maximum atomic E-state index is 12.9. The summed E-state index contributed by atoms with van der Waals surface area (Å²) in [5, 5.41) is 4.34. The molecule has 0 bridgehead atoms. The summed E-state index contributed by atoms with van der Waals surface area (Å²) in [6.07, 6.45) is 28.5. The molecule has 0 spiro atoms. The summed E-state index contributed by atoms with van der Waals surface area (Å²) < 4.78 is 12.3. The molecular weight excluding hydrogens is 548 g/mol. The molecule has 0 heterocycles. The van der Waals surface area contributed by atoms with Crippen LogP contribution in [0.4, 0.5) is 0 Å². The Hall–Kier alpha value is -1.14. The third-order valence-corrected chi connectivity index (χ3v) is 8.72. The topological polar surface area (TPSA) is 59.1 Å². The quantitative estimate of drug-likeness (QED) is 0.0411. The number of hydrogen-bond donors (Lipinski definition) is 0. The average Bonchev–Trinajstić information content (AvgIpc) is 2.99. The standard InChI is InChI=1S/C38H76N2O4/c1-7-11-15-19-23-25-29-35(43-37(41)31-27-21-17-13-9-3)33-40(39(5)6)34-36(30-26-24-20-16-12-8-2)44-38(42)32-28-22-18-14-10-4/h35-36H,7-34H2,1-6H3. The van der Waals surface area contributed by atoms with Crippen LogP contribution in [-0.4, -0.2) is 61.3 Å². The van der Waals surface area contributed by atoms with Crippen molar-refractivity contribution in [2.45, 2.75) is 207 Å². The zero-order chi connectivity index (χ0) is 32.7. The number of carbonyl (C=O) groups is 2. The smallest absolute Gasteiger partial charge is 0.306 e. The second kappa shape index (κ2) is 31.8. The van der Waals surface area contributed by atoms with Gasteiger partial charge < -0.3 is 9.47 Å². The van der Waals surface area contributed by atoms with E-state index in [1.54, 1.807) is 0 Å². The maximum absolute atomic E-state index is 12.9. The van der Waals surface area contributed by atoms with Gasteiger partial charge in [-0.25, -0.2) is 10.0 Å². The Kier molecular flexibility index (Phi) is 31.0. The lowest BCUT2D eigenvalue weighted by molar-refractivity contribution is -0.157. The van der Waals surface area contributed by atoms with Gasteiger partial charge in [-0.05, 0) is 38.5 Å². The summed E-state index contributed by atoms with van der Waals surface area (Å²) in [6.45, 7) is 10.2. The fraction of sp³-hybridized carbons (Fsp3) is 0.947. The minimum Gasteiger partial charge on any atom is -0.461 e. The van der Waals surface area contributed by atoms with Crippen LogP contribution in [0.3, 0.4) is 0 Å². The normalized spacial score (nSPS) is 13.0. The highest BCUT2D eigenvalue weighted by atomic mass is 16.5. The van der Waals surface area contributed by atoms with Gasteiger partial charge in [0.2, 0.25) is 0 Å². The zero-order valence-electron chi connectivity index (χ0n) is 30.5. The van der Waals surface area contributed by atoms with Crippen LogP contribution in [0.1, 0.15) is 195 Å². The number of rotatable bonds is 33. The molecule has 2 unspecified atom stereocenters. The van der Waals surface area contributed by atoms with E-state index >= 15 is 0 Å². The van der Waals surface area contributed by atoms with Crippen LogP contribution in [0.2, 0.25) is 0 Å². The maximum Gasteiger partial charge on any atom is 0.306 e. The number of esters is 2. The lowest BCUT2D eigenvalue weighted by atomic mass is 10.1. The molecule has 0 saturated heterocycles. The van der Waals surface area contributed by atoms with Gasteiger partial charge in [0.1, 0.15) is 12.2 Å². The molecule has 6 nitrogen and oxygen atoms in total. The number of carbonyl (C=O) groups excluding carboxylic acids is 2. The summed E-state index contributed by atoms with van der Waals surface area (Å²) in [4.78, 5) is 25.7. The van der Waals surface area contributed by atoms with Gasteiger partial charge in [0.05, 0.1) is 13.1 Å².